The first-order chi connectivity index (χ1) is 13.9. The molecule has 0 aromatic heterocycles. The van der Waals surface area contributed by atoms with E-state index in [1.807, 2.05) is 18.2 Å². The largest absolute Gasteiger partial charge is 0.384 e. The highest BCUT2D eigenvalue weighted by atomic mass is 16.2. The van der Waals surface area contributed by atoms with Gasteiger partial charge in [-0.25, -0.2) is 0 Å². The van der Waals surface area contributed by atoms with Gasteiger partial charge in [0.15, 0.2) is 0 Å². The van der Waals surface area contributed by atoms with Gasteiger partial charge in [0, 0.05) is 18.7 Å². The summed E-state index contributed by atoms with van der Waals surface area (Å²) in [6, 6.07) is 16.5. The van der Waals surface area contributed by atoms with E-state index < -0.39 is 6.04 Å². The fourth-order valence-electron chi connectivity index (χ4n) is 2.80. The SMILES string of the molecule is CC(NC(=O)CNCC(C)c1ccccc1)C(=O)NCc1ccc(C(=N)N)cc1. The maximum Gasteiger partial charge on any atom is 0.242 e. The molecule has 0 bridgehead atoms. The van der Waals surface area contributed by atoms with Crippen molar-refractivity contribution < 1.29 is 9.59 Å². The molecule has 2 rings (SSSR count). The van der Waals surface area contributed by atoms with Crippen molar-refractivity contribution in [1.29, 1.82) is 5.41 Å². The predicted molar refractivity (Wildman–Crippen MR) is 115 cm³/mol. The highest BCUT2D eigenvalue weighted by Crippen LogP contribution is 2.12. The summed E-state index contributed by atoms with van der Waals surface area (Å²) in [6.45, 7) is 4.91. The van der Waals surface area contributed by atoms with Crippen LogP contribution in [-0.4, -0.2) is 36.8 Å². The van der Waals surface area contributed by atoms with Gasteiger partial charge in [-0.1, -0.05) is 61.5 Å². The van der Waals surface area contributed by atoms with Crippen LogP contribution in [0.15, 0.2) is 54.6 Å². The first kappa shape index (κ1) is 22.1. The molecule has 2 aromatic carbocycles. The Bertz CT molecular complexity index is 821. The molecule has 0 fully saturated rings. The van der Waals surface area contributed by atoms with Crippen LogP contribution in [-0.2, 0) is 16.1 Å². The van der Waals surface area contributed by atoms with E-state index in [0.717, 1.165) is 5.56 Å². The second-order valence-corrected chi connectivity index (χ2v) is 7.06. The van der Waals surface area contributed by atoms with E-state index in [0.29, 0.717) is 24.6 Å². The quantitative estimate of drug-likeness (QED) is 0.309. The van der Waals surface area contributed by atoms with Crippen LogP contribution in [0.25, 0.3) is 0 Å². The highest BCUT2D eigenvalue weighted by Gasteiger charge is 2.15. The number of hydrogen-bond donors (Lipinski definition) is 5. The summed E-state index contributed by atoms with van der Waals surface area (Å²) in [7, 11) is 0. The fraction of sp³-hybridized carbons (Fsp3) is 0.318. The van der Waals surface area contributed by atoms with E-state index in [-0.39, 0.29) is 24.2 Å². The lowest BCUT2D eigenvalue weighted by atomic mass is 10.0. The molecule has 154 valence electrons. The Labute approximate surface area is 171 Å². The zero-order chi connectivity index (χ0) is 21.2. The van der Waals surface area contributed by atoms with Gasteiger partial charge in [0.05, 0.1) is 6.54 Å². The number of benzene rings is 2. The third-order valence-corrected chi connectivity index (χ3v) is 4.61. The lowest BCUT2D eigenvalue weighted by Crippen LogP contribution is -2.47. The maximum absolute atomic E-state index is 12.2. The van der Waals surface area contributed by atoms with Gasteiger partial charge in [-0.05, 0) is 24.0 Å². The highest BCUT2D eigenvalue weighted by molar-refractivity contribution is 5.94. The van der Waals surface area contributed by atoms with Crippen molar-refractivity contribution in [3.8, 4) is 0 Å². The minimum absolute atomic E-state index is 0.00342. The second-order valence-electron chi connectivity index (χ2n) is 7.06. The zero-order valence-electron chi connectivity index (χ0n) is 16.9. The molecule has 0 aliphatic carbocycles. The molecule has 0 aliphatic rings. The molecule has 0 heterocycles. The summed E-state index contributed by atoms with van der Waals surface area (Å²) >= 11 is 0. The number of rotatable bonds is 10. The number of amides is 2. The number of nitrogen functional groups attached to an aromatic ring is 1. The van der Waals surface area contributed by atoms with Crippen molar-refractivity contribution in [3.63, 3.8) is 0 Å². The molecule has 0 saturated heterocycles. The van der Waals surface area contributed by atoms with E-state index in [1.165, 1.54) is 5.56 Å². The molecule has 2 atom stereocenters. The van der Waals surface area contributed by atoms with E-state index in [4.69, 9.17) is 11.1 Å². The molecule has 29 heavy (non-hydrogen) atoms. The van der Waals surface area contributed by atoms with Crippen molar-refractivity contribution in [1.82, 2.24) is 16.0 Å². The molecular formula is C22H29N5O2. The number of carbonyl (C=O) groups is 2. The van der Waals surface area contributed by atoms with Crippen molar-refractivity contribution in [3.05, 3.63) is 71.3 Å². The van der Waals surface area contributed by atoms with Gasteiger partial charge in [-0.15, -0.1) is 0 Å². The first-order valence-electron chi connectivity index (χ1n) is 9.63. The molecule has 2 amide bonds. The van der Waals surface area contributed by atoms with Crippen molar-refractivity contribution >= 4 is 17.6 Å². The van der Waals surface area contributed by atoms with Crippen molar-refractivity contribution in [2.45, 2.75) is 32.4 Å². The number of nitrogens with two attached hydrogens (primary N) is 1. The smallest absolute Gasteiger partial charge is 0.242 e. The lowest BCUT2D eigenvalue weighted by molar-refractivity contribution is -0.128. The summed E-state index contributed by atoms with van der Waals surface area (Å²) in [5, 5.41) is 16.0. The van der Waals surface area contributed by atoms with Gasteiger partial charge >= 0.3 is 0 Å². The fourth-order valence-corrected chi connectivity index (χ4v) is 2.80. The molecule has 7 nitrogen and oxygen atoms in total. The minimum Gasteiger partial charge on any atom is -0.384 e. The summed E-state index contributed by atoms with van der Waals surface area (Å²) in [5.74, 6) is -0.187. The van der Waals surface area contributed by atoms with E-state index in [2.05, 4.69) is 35.0 Å². The van der Waals surface area contributed by atoms with Gasteiger partial charge in [0.25, 0.3) is 0 Å². The van der Waals surface area contributed by atoms with Crippen molar-refractivity contribution in [2.24, 2.45) is 5.73 Å². The van der Waals surface area contributed by atoms with Crippen molar-refractivity contribution in [2.75, 3.05) is 13.1 Å². The van der Waals surface area contributed by atoms with Crippen LogP contribution in [0.5, 0.6) is 0 Å². The Morgan fingerprint density at radius 3 is 2.31 bits per heavy atom. The van der Waals surface area contributed by atoms with Gasteiger partial charge < -0.3 is 21.7 Å². The molecule has 2 unspecified atom stereocenters. The Morgan fingerprint density at radius 2 is 1.69 bits per heavy atom. The topological polar surface area (TPSA) is 120 Å². The first-order valence-corrected chi connectivity index (χ1v) is 9.63. The standard InChI is InChI=1S/C22H29N5O2/c1-15(18-6-4-3-5-7-18)12-25-14-20(28)27-16(2)22(29)26-13-17-8-10-19(11-9-17)21(23)24/h3-11,15-16,25H,12-14H2,1-2H3,(H3,23,24)(H,26,29)(H,27,28). The normalized spacial score (nSPS) is 12.6. The summed E-state index contributed by atoms with van der Waals surface area (Å²) in [6.07, 6.45) is 0. The molecule has 6 N–H and O–H groups in total. The summed E-state index contributed by atoms with van der Waals surface area (Å²) in [5.41, 5.74) is 8.16. The maximum atomic E-state index is 12.2. The van der Waals surface area contributed by atoms with Gasteiger partial charge in [0.1, 0.15) is 11.9 Å². The molecule has 0 spiro atoms. The van der Waals surface area contributed by atoms with E-state index in [1.54, 1.807) is 31.2 Å². The average molecular weight is 396 g/mol. The predicted octanol–water partition coefficient (Wildman–Crippen LogP) is 1.48. The Hall–Kier alpha value is -3.19. The molecule has 2 aromatic rings. The van der Waals surface area contributed by atoms with Crippen LogP contribution in [0.1, 0.15) is 36.5 Å². The Kier molecular flexibility index (Phi) is 8.36. The number of nitrogens with one attached hydrogen (secondary N) is 4. The lowest BCUT2D eigenvalue weighted by Gasteiger charge is -2.16. The molecule has 0 aliphatic heterocycles. The zero-order valence-corrected chi connectivity index (χ0v) is 16.9. The molecule has 0 saturated carbocycles. The Morgan fingerprint density at radius 1 is 1.03 bits per heavy atom. The second kappa shape index (κ2) is 11.0. The van der Waals surface area contributed by atoms with Crippen LogP contribution in [0.4, 0.5) is 0 Å². The number of carbonyl (C=O) groups excluding carboxylic acids is 2. The summed E-state index contributed by atoms with van der Waals surface area (Å²) in [4.78, 5) is 24.3. The Balaban J connectivity index is 1.68. The number of amidine groups is 1. The van der Waals surface area contributed by atoms with Gasteiger partial charge in [-0.2, -0.15) is 0 Å². The number of hydrogen-bond acceptors (Lipinski definition) is 4. The monoisotopic (exact) mass is 395 g/mol. The molecule has 7 heteroatoms. The summed E-state index contributed by atoms with van der Waals surface area (Å²) < 4.78 is 0. The third-order valence-electron chi connectivity index (χ3n) is 4.61. The van der Waals surface area contributed by atoms with Crippen LogP contribution in [0.3, 0.4) is 0 Å². The van der Waals surface area contributed by atoms with E-state index in [9.17, 15) is 9.59 Å². The third kappa shape index (κ3) is 7.38. The molecular weight excluding hydrogens is 366 g/mol. The van der Waals surface area contributed by atoms with Gasteiger partial charge in [0.2, 0.25) is 11.8 Å². The van der Waals surface area contributed by atoms with Crippen LogP contribution < -0.4 is 21.7 Å². The van der Waals surface area contributed by atoms with Crippen LogP contribution in [0, 0.1) is 5.41 Å². The van der Waals surface area contributed by atoms with E-state index >= 15 is 0 Å². The average Bonchev–Trinajstić information content (AvgIpc) is 2.72. The van der Waals surface area contributed by atoms with Gasteiger partial charge in [-0.3, -0.25) is 15.0 Å². The minimum atomic E-state index is -0.632. The molecule has 0 radical (unpaired) electrons. The van der Waals surface area contributed by atoms with Crippen LogP contribution in [0.2, 0.25) is 0 Å². The van der Waals surface area contributed by atoms with Crippen LogP contribution >= 0.6 is 0 Å².